The molecule has 4 rings (SSSR count). The van der Waals surface area contributed by atoms with E-state index in [1.165, 1.54) is 6.07 Å². The quantitative estimate of drug-likeness (QED) is 0.713. The fourth-order valence-electron chi connectivity index (χ4n) is 4.47. The summed E-state index contributed by atoms with van der Waals surface area (Å²) < 4.78 is 14.7. The van der Waals surface area contributed by atoms with Crippen molar-refractivity contribution in [2.45, 2.75) is 32.0 Å². The van der Waals surface area contributed by atoms with Gasteiger partial charge in [0.1, 0.15) is 17.6 Å². The Morgan fingerprint density at radius 2 is 1.82 bits per heavy atom. The molecule has 2 aromatic rings. The molecule has 3 N–H and O–H groups in total. The molecule has 6 heteroatoms. The fourth-order valence-corrected chi connectivity index (χ4v) is 4.47. The number of phenolic OH excluding ortho intramolecular Hbond substituents is 1. The molecule has 2 aliphatic rings. The normalized spacial score (nSPS) is 26.5. The summed E-state index contributed by atoms with van der Waals surface area (Å²) in [6, 6.07) is 8.91. The number of nitrogens with zero attached hydrogens (tertiary/aromatic N) is 1. The molecule has 0 spiro atoms. The van der Waals surface area contributed by atoms with E-state index in [9.17, 15) is 14.3 Å². The zero-order chi connectivity index (χ0) is 20.0. The maximum Gasteiger partial charge on any atom is 0.242 e. The first-order valence-corrected chi connectivity index (χ1v) is 9.41. The molecule has 2 aliphatic heterocycles. The second-order valence-electron chi connectivity index (χ2n) is 7.56. The van der Waals surface area contributed by atoms with E-state index in [1.54, 1.807) is 35.2 Å². The second-order valence-corrected chi connectivity index (χ2v) is 7.56. The monoisotopic (exact) mass is 381 g/mol. The van der Waals surface area contributed by atoms with Crippen molar-refractivity contribution in [1.82, 2.24) is 15.8 Å². The van der Waals surface area contributed by atoms with Gasteiger partial charge in [0.2, 0.25) is 5.91 Å². The molecule has 0 aromatic heterocycles. The molecule has 0 saturated carbocycles. The number of hydrogen-bond donors (Lipinski definition) is 3. The molecule has 2 heterocycles. The Labute approximate surface area is 163 Å². The van der Waals surface area contributed by atoms with Gasteiger partial charge in [0, 0.05) is 23.6 Å². The first-order valence-electron chi connectivity index (χ1n) is 9.41. The van der Waals surface area contributed by atoms with Crippen molar-refractivity contribution in [3.8, 4) is 5.75 Å². The van der Waals surface area contributed by atoms with Gasteiger partial charge < -0.3 is 10.0 Å². The van der Waals surface area contributed by atoms with Gasteiger partial charge in [-0.05, 0) is 37.1 Å². The molecular weight excluding hydrogens is 357 g/mol. The van der Waals surface area contributed by atoms with E-state index in [0.29, 0.717) is 17.7 Å². The standard InChI is InChI=1S/C22H24FN3O2/c1-4-9-26-21(14-7-5-6-8-16(14)23)18-19(24-25-20(18)22(26)28)15-10-12(2)13(3)11-17(15)27/h4-8,10-11,18-21,24-25,27H,1,9H2,2-3H3. The molecular formula is C22H24FN3O2. The number of fused-ring (bicyclic) bond motifs is 1. The highest BCUT2D eigenvalue weighted by molar-refractivity contribution is 5.86. The summed E-state index contributed by atoms with van der Waals surface area (Å²) in [6.45, 7) is 8.01. The van der Waals surface area contributed by atoms with Crippen LogP contribution in [-0.4, -0.2) is 28.5 Å². The predicted octanol–water partition coefficient (Wildman–Crippen LogP) is 3.05. The number of aryl methyl sites for hydroxylation is 2. The lowest BCUT2D eigenvalue weighted by Gasteiger charge is -2.31. The topological polar surface area (TPSA) is 64.6 Å². The summed E-state index contributed by atoms with van der Waals surface area (Å²) >= 11 is 0. The number of carbonyl (C=O) groups excluding carboxylic acids is 1. The number of phenols is 1. The van der Waals surface area contributed by atoms with Crippen LogP contribution in [0.3, 0.4) is 0 Å². The Kier molecular flexibility index (Phi) is 4.69. The lowest BCUT2D eigenvalue weighted by Crippen LogP contribution is -2.41. The lowest BCUT2D eigenvalue weighted by atomic mass is 9.82. The minimum atomic E-state index is -0.504. The third kappa shape index (κ3) is 2.80. The minimum absolute atomic E-state index is 0.100. The van der Waals surface area contributed by atoms with Crippen molar-refractivity contribution in [3.63, 3.8) is 0 Å². The Balaban J connectivity index is 1.83. The number of benzene rings is 2. The summed E-state index contributed by atoms with van der Waals surface area (Å²) in [5.41, 5.74) is 9.47. The maximum absolute atomic E-state index is 14.7. The Morgan fingerprint density at radius 1 is 1.14 bits per heavy atom. The van der Waals surface area contributed by atoms with E-state index in [2.05, 4.69) is 17.4 Å². The first-order chi connectivity index (χ1) is 13.4. The van der Waals surface area contributed by atoms with Gasteiger partial charge in [-0.3, -0.25) is 4.79 Å². The molecule has 4 unspecified atom stereocenters. The number of amides is 1. The van der Waals surface area contributed by atoms with Crippen LogP contribution in [0.25, 0.3) is 0 Å². The van der Waals surface area contributed by atoms with Crippen LogP contribution in [0, 0.1) is 25.6 Å². The van der Waals surface area contributed by atoms with Gasteiger partial charge in [-0.1, -0.05) is 30.3 Å². The van der Waals surface area contributed by atoms with Gasteiger partial charge in [0.25, 0.3) is 0 Å². The molecule has 2 saturated heterocycles. The lowest BCUT2D eigenvalue weighted by molar-refractivity contribution is -0.130. The summed E-state index contributed by atoms with van der Waals surface area (Å²) in [5.74, 6) is -0.552. The molecule has 4 atom stereocenters. The maximum atomic E-state index is 14.7. The number of carbonyl (C=O) groups is 1. The summed E-state index contributed by atoms with van der Waals surface area (Å²) in [5, 5.41) is 10.6. The largest absolute Gasteiger partial charge is 0.508 e. The van der Waals surface area contributed by atoms with Gasteiger partial charge in [0.05, 0.1) is 12.1 Å². The Hall–Kier alpha value is -2.70. The number of aromatic hydroxyl groups is 1. The number of halogens is 1. The molecule has 2 fully saturated rings. The summed E-state index contributed by atoms with van der Waals surface area (Å²) in [7, 11) is 0. The SMILES string of the molecule is C=CCN1C(=O)C2NNC(c3cc(C)c(C)cc3O)C2C1c1ccccc1F. The molecule has 2 aromatic carbocycles. The highest BCUT2D eigenvalue weighted by Crippen LogP contribution is 2.49. The van der Waals surface area contributed by atoms with Crippen LogP contribution < -0.4 is 10.9 Å². The highest BCUT2D eigenvalue weighted by Gasteiger charge is 2.56. The zero-order valence-corrected chi connectivity index (χ0v) is 15.9. The molecule has 0 bridgehead atoms. The number of rotatable bonds is 4. The van der Waals surface area contributed by atoms with E-state index >= 15 is 0 Å². The van der Waals surface area contributed by atoms with Gasteiger partial charge in [-0.2, -0.15) is 0 Å². The Morgan fingerprint density at radius 3 is 2.54 bits per heavy atom. The van der Waals surface area contributed by atoms with Crippen LogP contribution in [0.5, 0.6) is 5.75 Å². The average Bonchev–Trinajstić information content (AvgIpc) is 3.19. The summed E-state index contributed by atoms with van der Waals surface area (Å²) in [4.78, 5) is 14.7. The molecule has 28 heavy (non-hydrogen) atoms. The highest BCUT2D eigenvalue weighted by atomic mass is 19.1. The predicted molar refractivity (Wildman–Crippen MR) is 105 cm³/mol. The van der Waals surface area contributed by atoms with Crippen molar-refractivity contribution in [2.75, 3.05) is 6.54 Å². The molecule has 146 valence electrons. The zero-order valence-electron chi connectivity index (χ0n) is 15.9. The van der Waals surface area contributed by atoms with Gasteiger partial charge >= 0.3 is 0 Å². The van der Waals surface area contributed by atoms with Crippen molar-refractivity contribution in [3.05, 3.63) is 77.1 Å². The third-order valence-electron chi connectivity index (χ3n) is 5.94. The fraction of sp³-hybridized carbons (Fsp3) is 0.318. The van der Waals surface area contributed by atoms with Crippen molar-refractivity contribution < 1.29 is 14.3 Å². The number of hydrogen-bond acceptors (Lipinski definition) is 4. The van der Waals surface area contributed by atoms with E-state index in [0.717, 1.165) is 11.1 Å². The van der Waals surface area contributed by atoms with Crippen LogP contribution >= 0.6 is 0 Å². The van der Waals surface area contributed by atoms with E-state index in [1.807, 2.05) is 19.9 Å². The first kappa shape index (κ1) is 18.7. The molecule has 5 nitrogen and oxygen atoms in total. The van der Waals surface area contributed by atoms with Crippen LogP contribution in [0.15, 0.2) is 49.1 Å². The van der Waals surface area contributed by atoms with Crippen molar-refractivity contribution in [1.29, 1.82) is 0 Å². The van der Waals surface area contributed by atoms with Crippen LogP contribution in [0.4, 0.5) is 4.39 Å². The third-order valence-corrected chi connectivity index (χ3v) is 5.94. The van der Waals surface area contributed by atoms with Crippen molar-refractivity contribution in [2.24, 2.45) is 5.92 Å². The van der Waals surface area contributed by atoms with E-state index < -0.39 is 12.1 Å². The number of nitrogens with one attached hydrogen (secondary N) is 2. The Bertz CT molecular complexity index is 945. The molecule has 0 aliphatic carbocycles. The van der Waals surface area contributed by atoms with Gasteiger partial charge in [-0.25, -0.2) is 15.2 Å². The van der Waals surface area contributed by atoms with Gasteiger partial charge in [0.15, 0.2) is 0 Å². The van der Waals surface area contributed by atoms with Crippen LogP contribution in [0.2, 0.25) is 0 Å². The van der Waals surface area contributed by atoms with E-state index in [-0.39, 0.29) is 29.4 Å². The average molecular weight is 381 g/mol. The van der Waals surface area contributed by atoms with Crippen LogP contribution in [-0.2, 0) is 4.79 Å². The van der Waals surface area contributed by atoms with E-state index in [4.69, 9.17) is 0 Å². The summed E-state index contributed by atoms with van der Waals surface area (Å²) in [6.07, 6.45) is 1.66. The molecule has 1 amide bonds. The van der Waals surface area contributed by atoms with Gasteiger partial charge in [-0.15, -0.1) is 6.58 Å². The van der Waals surface area contributed by atoms with Crippen LogP contribution in [0.1, 0.15) is 34.3 Å². The number of hydrazine groups is 1. The minimum Gasteiger partial charge on any atom is -0.508 e. The smallest absolute Gasteiger partial charge is 0.242 e. The second kappa shape index (κ2) is 7.04. The molecule has 0 radical (unpaired) electrons. The number of likely N-dealkylation sites (tertiary alicyclic amines) is 1. The van der Waals surface area contributed by atoms with Crippen molar-refractivity contribution >= 4 is 5.91 Å².